The van der Waals surface area contributed by atoms with Gasteiger partial charge in [0.15, 0.2) is 0 Å². The molecule has 0 aliphatic rings. The molecule has 1 rings (SSSR count). The summed E-state index contributed by atoms with van der Waals surface area (Å²) >= 11 is 5.27. The Balaban J connectivity index is 3.28. The van der Waals surface area contributed by atoms with Crippen LogP contribution in [0.3, 0.4) is 0 Å². The van der Waals surface area contributed by atoms with Crippen molar-refractivity contribution in [1.29, 1.82) is 0 Å². The van der Waals surface area contributed by atoms with Gasteiger partial charge in [-0.15, -0.1) is 0 Å². The molecule has 3 heteroatoms. The number of aryl methyl sites for hydroxylation is 1. The zero-order valence-corrected chi connectivity index (χ0v) is 9.03. The Hall–Kier alpha value is 0.360. The Morgan fingerprint density at radius 1 is 1.50 bits per heavy atom. The number of rotatable bonds is 0. The van der Waals surface area contributed by atoms with Crippen molar-refractivity contribution in [2.24, 2.45) is 0 Å². The summed E-state index contributed by atoms with van der Waals surface area (Å²) in [7, 11) is 0. The van der Waals surface area contributed by atoms with Crippen molar-refractivity contribution in [2.75, 3.05) is 0 Å². The third-order valence-electron chi connectivity index (χ3n) is 1.20. The van der Waals surface area contributed by atoms with Gasteiger partial charge < -0.3 is 0 Å². The second-order valence-corrected chi connectivity index (χ2v) is 4.03. The van der Waals surface area contributed by atoms with E-state index in [0.717, 1.165) is 10.0 Å². The third kappa shape index (κ3) is 1.69. The highest BCUT2D eigenvalue weighted by Gasteiger charge is 2.01. The first-order valence-corrected chi connectivity index (χ1v) is 4.59. The molecule has 0 radical (unpaired) electrons. The maximum atomic E-state index is 12.7. The minimum atomic E-state index is -0.152. The van der Waals surface area contributed by atoms with Crippen molar-refractivity contribution in [3.63, 3.8) is 0 Å². The van der Waals surface area contributed by atoms with E-state index in [1.54, 1.807) is 6.07 Å². The fourth-order valence-corrected chi connectivity index (χ4v) is 1.86. The van der Waals surface area contributed by atoms with E-state index in [1.807, 2.05) is 29.5 Å². The van der Waals surface area contributed by atoms with Crippen LogP contribution in [0.4, 0.5) is 4.39 Å². The molecule has 0 spiro atoms. The molecule has 0 unspecified atom stereocenters. The number of hydrogen-bond donors (Lipinski definition) is 0. The molecular formula is C7H5BrFI. The second kappa shape index (κ2) is 3.17. The highest BCUT2D eigenvalue weighted by atomic mass is 127. The Kier molecular flexibility index (Phi) is 2.68. The van der Waals surface area contributed by atoms with Crippen LogP contribution < -0.4 is 0 Å². The average Bonchev–Trinajstić information content (AvgIpc) is 1.84. The van der Waals surface area contributed by atoms with Gasteiger partial charge in [0.2, 0.25) is 0 Å². The smallest absolute Gasteiger partial charge is 0.136 e. The lowest BCUT2D eigenvalue weighted by molar-refractivity contribution is 0.618. The lowest BCUT2D eigenvalue weighted by Gasteiger charge is -1.98. The fourth-order valence-electron chi connectivity index (χ4n) is 0.622. The van der Waals surface area contributed by atoms with Crippen LogP contribution in [0.25, 0.3) is 0 Å². The van der Waals surface area contributed by atoms with Crippen molar-refractivity contribution < 1.29 is 4.39 Å². The molecule has 0 heterocycles. The molecule has 0 aliphatic heterocycles. The molecule has 0 amide bonds. The van der Waals surface area contributed by atoms with E-state index in [-0.39, 0.29) is 5.82 Å². The summed E-state index contributed by atoms with van der Waals surface area (Å²) in [6.45, 7) is 1.86. The van der Waals surface area contributed by atoms with Crippen molar-refractivity contribution in [3.8, 4) is 0 Å². The largest absolute Gasteiger partial charge is 0.206 e. The quantitative estimate of drug-likeness (QED) is 0.508. The van der Waals surface area contributed by atoms with Gasteiger partial charge in [0.25, 0.3) is 0 Å². The van der Waals surface area contributed by atoms with Crippen molar-refractivity contribution in [2.45, 2.75) is 6.92 Å². The van der Waals surface area contributed by atoms with Gasteiger partial charge in [0, 0.05) is 8.04 Å². The van der Waals surface area contributed by atoms with E-state index < -0.39 is 0 Å². The van der Waals surface area contributed by atoms with E-state index in [9.17, 15) is 4.39 Å². The summed E-state index contributed by atoms with van der Waals surface area (Å²) in [5.74, 6) is -0.152. The van der Waals surface area contributed by atoms with Crippen LogP contribution in [0, 0.1) is 16.3 Å². The minimum absolute atomic E-state index is 0.152. The van der Waals surface area contributed by atoms with Gasteiger partial charge in [0.05, 0.1) is 0 Å². The van der Waals surface area contributed by atoms with Gasteiger partial charge >= 0.3 is 0 Å². The number of hydrogen-bond acceptors (Lipinski definition) is 0. The first-order chi connectivity index (χ1) is 4.61. The SMILES string of the molecule is Cc1cc(F)c(I)cc1Br. The minimum Gasteiger partial charge on any atom is -0.206 e. The Bertz CT molecular complexity index is 210. The Labute approximate surface area is 81.1 Å². The highest BCUT2D eigenvalue weighted by Crippen LogP contribution is 2.21. The first-order valence-electron chi connectivity index (χ1n) is 2.72. The average molecular weight is 315 g/mol. The van der Waals surface area contributed by atoms with E-state index >= 15 is 0 Å². The Morgan fingerprint density at radius 2 is 2.10 bits per heavy atom. The predicted octanol–water partition coefficient (Wildman–Crippen LogP) is 3.50. The molecule has 0 atom stereocenters. The van der Waals surface area contributed by atoms with Crippen LogP contribution in [-0.2, 0) is 0 Å². The van der Waals surface area contributed by atoms with E-state index in [2.05, 4.69) is 15.9 Å². The summed E-state index contributed by atoms with van der Waals surface area (Å²) in [5.41, 5.74) is 0.929. The monoisotopic (exact) mass is 314 g/mol. The molecule has 0 aliphatic carbocycles. The van der Waals surface area contributed by atoms with Crippen LogP contribution in [-0.4, -0.2) is 0 Å². The van der Waals surface area contributed by atoms with Crippen molar-refractivity contribution in [3.05, 3.63) is 31.6 Å². The van der Waals surface area contributed by atoms with Gasteiger partial charge in [-0.25, -0.2) is 4.39 Å². The molecular weight excluding hydrogens is 310 g/mol. The number of benzene rings is 1. The van der Waals surface area contributed by atoms with Gasteiger partial charge in [-0.3, -0.25) is 0 Å². The van der Waals surface area contributed by atoms with Crippen molar-refractivity contribution >= 4 is 38.5 Å². The zero-order chi connectivity index (χ0) is 7.72. The predicted molar refractivity (Wildman–Crippen MR) is 51.6 cm³/mol. The molecule has 0 bridgehead atoms. The van der Waals surface area contributed by atoms with E-state index in [4.69, 9.17) is 0 Å². The summed E-state index contributed by atoms with van der Waals surface area (Å²) in [4.78, 5) is 0. The highest BCUT2D eigenvalue weighted by molar-refractivity contribution is 14.1. The van der Waals surface area contributed by atoms with E-state index in [0.29, 0.717) is 3.57 Å². The third-order valence-corrected chi connectivity index (χ3v) is 2.88. The van der Waals surface area contributed by atoms with Gasteiger partial charge in [-0.1, -0.05) is 15.9 Å². The fraction of sp³-hybridized carbons (Fsp3) is 0.143. The summed E-state index contributed by atoms with van der Waals surface area (Å²) < 4.78 is 14.3. The lowest BCUT2D eigenvalue weighted by atomic mass is 10.2. The first kappa shape index (κ1) is 8.46. The molecule has 54 valence electrons. The maximum absolute atomic E-state index is 12.7. The molecule has 1 aromatic rings. The maximum Gasteiger partial charge on any atom is 0.136 e. The van der Waals surface area contributed by atoms with Gasteiger partial charge in [-0.05, 0) is 47.2 Å². The zero-order valence-electron chi connectivity index (χ0n) is 5.29. The van der Waals surface area contributed by atoms with Crippen LogP contribution in [0.5, 0.6) is 0 Å². The standard InChI is InChI=1S/C7H5BrFI/c1-4-2-6(9)7(10)3-5(4)8/h2-3H,1H3. The molecule has 1 aromatic carbocycles. The van der Waals surface area contributed by atoms with Crippen LogP contribution in [0.1, 0.15) is 5.56 Å². The summed E-state index contributed by atoms with van der Waals surface area (Å²) in [6.07, 6.45) is 0. The molecule has 10 heavy (non-hydrogen) atoms. The molecule has 0 N–H and O–H groups in total. The molecule has 0 saturated carbocycles. The van der Waals surface area contributed by atoms with Gasteiger partial charge in [0.1, 0.15) is 5.82 Å². The molecule has 0 aromatic heterocycles. The Morgan fingerprint density at radius 3 is 2.60 bits per heavy atom. The molecule has 0 nitrogen and oxygen atoms in total. The van der Waals surface area contributed by atoms with Crippen LogP contribution in [0.2, 0.25) is 0 Å². The normalized spacial score (nSPS) is 10.0. The van der Waals surface area contributed by atoms with Crippen LogP contribution >= 0.6 is 38.5 Å². The summed E-state index contributed by atoms with van der Waals surface area (Å²) in [5, 5.41) is 0. The lowest BCUT2D eigenvalue weighted by Crippen LogP contribution is -1.84. The second-order valence-electron chi connectivity index (χ2n) is 2.02. The van der Waals surface area contributed by atoms with Crippen LogP contribution in [0.15, 0.2) is 16.6 Å². The van der Waals surface area contributed by atoms with Gasteiger partial charge in [-0.2, -0.15) is 0 Å². The topological polar surface area (TPSA) is 0 Å². The number of halogens is 3. The molecule has 0 saturated heterocycles. The van der Waals surface area contributed by atoms with Crippen molar-refractivity contribution in [1.82, 2.24) is 0 Å². The molecule has 0 fully saturated rings. The van der Waals surface area contributed by atoms with E-state index in [1.165, 1.54) is 6.07 Å². The summed E-state index contributed by atoms with van der Waals surface area (Å²) in [6, 6.07) is 3.29.